The van der Waals surface area contributed by atoms with Gasteiger partial charge in [0.1, 0.15) is 5.75 Å². The summed E-state index contributed by atoms with van der Waals surface area (Å²) in [4.78, 5) is 13.8. The Hall–Kier alpha value is -1.92. The molecule has 1 aromatic carbocycles. The number of Topliss-reactive ketones (excluding diaryl/α,β-unsaturated/α-hetero) is 1. The molecule has 4 saturated carbocycles. The number of aromatic nitrogens is 2. The minimum Gasteiger partial charge on any atom is -0.497 e. The molecule has 0 amide bonds. The molecule has 0 radical (unpaired) electrons. The van der Waals surface area contributed by atoms with Gasteiger partial charge in [0, 0.05) is 24.6 Å². The first-order valence-corrected chi connectivity index (χ1v) is 14.4. The third-order valence-electron chi connectivity index (χ3n) is 11.5. The van der Waals surface area contributed by atoms with Crippen LogP contribution in [-0.2, 0) is 16.1 Å². The summed E-state index contributed by atoms with van der Waals surface area (Å²) in [6.07, 6.45) is 11.8. The van der Waals surface area contributed by atoms with Crippen molar-refractivity contribution >= 4 is 16.7 Å². The van der Waals surface area contributed by atoms with Crippen LogP contribution in [0, 0.1) is 40.4 Å². The van der Waals surface area contributed by atoms with Gasteiger partial charge in [0.25, 0.3) is 0 Å². The van der Waals surface area contributed by atoms with Crippen LogP contribution in [0.3, 0.4) is 0 Å². The Labute approximate surface area is 221 Å². The van der Waals surface area contributed by atoms with Crippen molar-refractivity contribution in [2.45, 2.75) is 83.8 Å². The minimum atomic E-state index is -0.536. The fourth-order valence-corrected chi connectivity index (χ4v) is 9.84. The van der Waals surface area contributed by atoms with Gasteiger partial charge in [-0.25, -0.2) is 0 Å². The summed E-state index contributed by atoms with van der Waals surface area (Å²) in [5.41, 5.74) is 0.636. The molecular formula is C31H44N2O4. The summed E-state index contributed by atoms with van der Waals surface area (Å²) in [6.45, 7) is 5.62. The fourth-order valence-electron chi connectivity index (χ4n) is 9.84. The topological polar surface area (TPSA) is 73.6 Å². The Balaban J connectivity index is 1.21. The number of carbonyl (C=O) groups excluding carboxylic acids is 1. The monoisotopic (exact) mass is 508 g/mol. The number of hydrogen-bond acceptors (Lipinski definition) is 5. The highest BCUT2D eigenvalue weighted by molar-refractivity contribution is 5.84. The second-order valence-corrected chi connectivity index (χ2v) is 13.4. The van der Waals surface area contributed by atoms with Gasteiger partial charge in [-0.15, -0.1) is 0 Å². The molecule has 6 nitrogen and oxygen atoms in total. The molecule has 0 aliphatic heterocycles. The Morgan fingerprint density at radius 1 is 1.08 bits per heavy atom. The molecule has 4 fully saturated rings. The number of benzene rings is 1. The number of ketones is 1. The predicted octanol–water partition coefficient (Wildman–Crippen LogP) is 5.65. The van der Waals surface area contributed by atoms with Crippen molar-refractivity contribution in [2.75, 3.05) is 20.8 Å². The highest BCUT2D eigenvalue weighted by Gasteiger charge is 2.63. The Bertz CT molecular complexity index is 1170. The Morgan fingerprint density at radius 3 is 2.70 bits per heavy atom. The van der Waals surface area contributed by atoms with Gasteiger partial charge < -0.3 is 14.6 Å². The lowest BCUT2D eigenvalue weighted by Gasteiger charge is -2.62. The largest absolute Gasteiger partial charge is 0.497 e. The van der Waals surface area contributed by atoms with E-state index in [1.54, 1.807) is 7.11 Å². The van der Waals surface area contributed by atoms with Crippen molar-refractivity contribution in [3.05, 3.63) is 24.4 Å². The molecule has 2 aromatic rings. The van der Waals surface area contributed by atoms with Crippen LogP contribution in [0.15, 0.2) is 24.4 Å². The van der Waals surface area contributed by atoms with Crippen molar-refractivity contribution in [1.29, 1.82) is 0 Å². The van der Waals surface area contributed by atoms with E-state index in [-0.39, 0.29) is 16.7 Å². The number of carbonyl (C=O) groups is 1. The molecule has 4 aliphatic rings. The van der Waals surface area contributed by atoms with E-state index in [1.165, 1.54) is 19.3 Å². The molecule has 6 heteroatoms. The van der Waals surface area contributed by atoms with Gasteiger partial charge in [0.2, 0.25) is 0 Å². The van der Waals surface area contributed by atoms with Gasteiger partial charge in [0.15, 0.2) is 5.78 Å². The van der Waals surface area contributed by atoms with Crippen molar-refractivity contribution in [1.82, 2.24) is 9.78 Å². The first-order chi connectivity index (χ1) is 17.7. The average molecular weight is 509 g/mol. The van der Waals surface area contributed by atoms with Gasteiger partial charge in [-0.3, -0.25) is 9.48 Å². The first-order valence-electron chi connectivity index (χ1n) is 14.4. The number of methoxy groups -OCH3 is 2. The lowest BCUT2D eigenvalue weighted by molar-refractivity contribution is -0.175. The SMILES string of the molecule is COC[C@]12CC[C@@](C)(O)C[C@@H]1CC[C@H]1[C@@H]3CC[C@H](C(=O)Cn4cc5cc(OC)ccc5n4)[C@@]3(C)CC[C@@H]12. The van der Waals surface area contributed by atoms with Gasteiger partial charge in [0.05, 0.1) is 31.4 Å². The van der Waals surface area contributed by atoms with E-state index in [0.717, 1.165) is 61.8 Å². The molecular weight excluding hydrogens is 464 g/mol. The zero-order valence-electron chi connectivity index (χ0n) is 23.0. The normalized spacial score (nSPS) is 41.2. The van der Waals surface area contributed by atoms with Gasteiger partial charge in [-0.1, -0.05) is 6.92 Å². The summed E-state index contributed by atoms with van der Waals surface area (Å²) in [7, 11) is 3.52. The van der Waals surface area contributed by atoms with Crippen LogP contribution in [0.1, 0.15) is 71.6 Å². The molecule has 1 N–H and O–H groups in total. The maximum atomic E-state index is 13.8. The van der Waals surface area contributed by atoms with Crippen LogP contribution in [0.2, 0.25) is 0 Å². The van der Waals surface area contributed by atoms with Gasteiger partial charge in [-0.05, 0) is 117 Å². The fraction of sp³-hybridized carbons (Fsp3) is 0.742. The summed E-state index contributed by atoms with van der Waals surface area (Å²) in [6, 6.07) is 5.86. The molecule has 202 valence electrons. The van der Waals surface area contributed by atoms with Crippen molar-refractivity contribution in [3.63, 3.8) is 0 Å². The van der Waals surface area contributed by atoms with Crippen LogP contribution >= 0.6 is 0 Å². The molecule has 0 saturated heterocycles. The number of hydrogen-bond donors (Lipinski definition) is 1. The van der Waals surface area contributed by atoms with Gasteiger partial charge >= 0.3 is 0 Å². The van der Waals surface area contributed by atoms with Crippen LogP contribution in [0.25, 0.3) is 10.9 Å². The predicted molar refractivity (Wildman–Crippen MR) is 143 cm³/mol. The standard InChI is InChI=1S/C31H44N2O4/c1-29(35)13-14-31(19-36-3)21(16-29)5-7-23-24-8-9-26(30(24,2)12-11-25(23)31)28(34)18-33-17-20-15-22(37-4)6-10-27(20)32-33/h6,10,15,17,21,23-26,35H,5,7-9,11-14,16,18-19H2,1-4H3/t21-,23-,24-,25-,26+,29+,30-,31+/m0/s1. The molecule has 4 aliphatic carbocycles. The Morgan fingerprint density at radius 2 is 1.92 bits per heavy atom. The van der Waals surface area contributed by atoms with Crippen molar-refractivity contribution in [2.24, 2.45) is 40.4 Å². The average Bonchev–Trinajstić information content (AvgIpc) is 3.43. The molecule has 0 unspecified atom stereocenters. The highest BCUT2D eigenvalue weighted by atomic mass is 16.5. The zero-order chi connectivity index (χ0) is 26.0. The van der Waals surface area contributed by atoms with E-state index in [9.17, 15) is 9.90 Å². The number of ether oxygens (including phenoxy) is 2. The molecule has 1 aromatic heterocycles. The number of aliphatic hydroxyl groups is 1. The smallest absolute Gasteiger partial charge is 0.157 e. The summed E-state index contributed by atoms with van der Waals surface area (Å²) < 4.78 is 13.1. The van der Waals surface area contributed by atoms with E-state index in [0.29, 0.717) is 36.0 Å². The van der Waals surface area contributed by atoms with Crippen LogP contribution < -0.4 is 4.74 Å². The second kappa shape index (κ2) is 9.08. The molecule has 6 rings (SSSR count). The molecule has 0 bridgehead atoms. The lowest BCUT2D eigenvalue weighted by Crippen LogP contribution is -2.58. The third kappa shape index (κ3) is 4.05. The Kier molecular flexibility index (Phi) is 6.23. The van der Waals surface area contributed by atoms with E-state index in [4.69, 9.17) is 9.47 Å². The molecule has 8 atom stereocenters. The second-order valence-electron chi connectivity index (χ2n) is 13.4. The van der Waals surface area contributed by atoms with Crippen LogP contribution in [-0.4, -0.2) is 47.1 Å². The summed E-state index contributed by atoms with van der Waals surface area (Å²) in [5.74, 6) is 3.75. The maximum absolute atomic E-state index is 13.8. The van der Waals surface area contributed by atoms with Crippen LogP contribution in [0.5, 0.6) is 5.75 Å². The third-order valence-corrected chi connectivity index (χ3v) is 11.5. The zero-order valence-corrected chi connectivity index (χ0v) is 23.0. The quantitative estimate of drug-likeness (QED) is 0.546. The molecule has 37 heavy (non-hydrogen) atoms. The van der Waals surface area contributed by atoms with E-state index < -0.39 is 5.60 Å². The lowest BCUT2D eigenvalue weighted by atomic mass is 9.43. The summed E-state index contributed by atoms with van der Waals surface area (Å²) >= 11 is 0. The molecule has 1 heterocycles. The number of fused-ring (bicyclic) bond motifs is 6. The number of nitrogens with zero attached hydrogens (tertiary/aromatic N) is 2. The highest BCUT2D eigenvalue weighted by Crippen LogP contribution is 2.68. The van der Waals surface area contributed by atoms with Gasteiger partial charge in [-0.2, -0.15) is 5.10 Å². The van der Waals surface area contributed by atoms with E-state index >= 15 is 0 Å². The minimum absolute atomic E-state index is 0.0787. The summed E-state index contributed by atoms with van der Waals surface area (Å²) in [5, 5.41) is 16.6. The van der Waals surface area contributed by atoms with Crippen molar-refractivity contribution in [3.8, 4) is 5.75 Å². The molecule has 0 spiro atoms. The first kappa shape index (κ1) is 25.4. The maximum Gasteiger partial charge on any atom is 0.157 e. The van der Waals surface area contributed by atoms with Crippen LogP contribution in [0.4, 0.5) is 0 Å². The van der Waals surface area contributed by atoms with E-state index in [2.05, 4.69) is 12.0 Å². The van der Waals surface area contributed by atoms with E-state index in [1.807, 2.05) is 43.1 Å². The van der Waals surface area contributed by atoms with Crippen molar-refractivity contribution < 1.29 is 19.4 Å². The number of rotatable bonds is 6.